The Bertz CT molecular complexity index is 717. The highest BCUT2D eigenvalue weighted by Gasteiger charge is 2.13. The number of rotatable bonds is 2. The van der Waals surface area contributed by atoms with E-state index in [4.69, 9.17) is 9.47 Å². The Morgan fingerprint density at radius 3 is 2.21 bits per heavy atom. The van der Waals surface area contributed by atoms with Crippen LogP contribution in [0.1, 0.15) is 13.8 Å². The van der Waals surface area contributed by atoms with Gasteiger partial charge in [-0.15, -0.1) is 11.3 Å². The third-order valence-electron chi connectivity index (χ3n) is 2.23. The molecule has 6 heteroatoms. The molecule has 1 aromatic heterocycles. The van der Waals surface area contributed by atoms with Crippen molar-refractivity contribution < 1.29 is 19.1 Å². The van der Waals surface area contributed by atoms with Gasteiger partial charge in [-0.2, -0.15) is 0 Å². The fraction of sp³-hybridized carbons (Fsp3) is 0.154. The van der Waals surface area contributed by atoms with Gasteiger partial charge in [-0.1, -0.05) is 0 Å². The van der Waals surface area contributed by atoms with Crippen LogP contribution in [0, 0.1) is 0 Å². The van der Waals surface area contributed by atoms with Crippen LogP contribution in [-0.4, -0.2) is 11.9 Å². The molecule has 0 saturated heterocycles. The van der Waals surface area contributed by atoms with Gasteiger partial charge < -0.3 is 9.47 Å². The molecule has 0 atom stereocenters. The Balaban J connectivity index is 2.66. The minimum Gasteiger partial charge on any atom is -0.423 e. The summed E-state index contributed by atoms with van der Waals surface area (Å²) in [5, 5.41) is 2.06. The van der Waals surface area contributed by atoms with E-state index in [1.165, 1.54) is 43.4 Å². The molecule has 0 N–H and O–H groups in total. The quantitative estimate of drug-likeness (QED) is 0.621. The van der Waals surface area contributed by atoms with E-state index >= 15 is 0 Å². The number of ether oxygens (including phenoxy) is 2. The predicted octanol–water partition coefficient (Wildman–Crippen LogP) is 2.11. The Labute approximate surface area is 112 Å². The zero-order chi connectivity index (χ0) is 14.0. The van der Waals surface area contributed by atoms with Crippen molar-refractivity contribution in [1.82, 2.24) is 0 Å². The highest BCUT2D eigenvalue weighted by atomic mass is 32.1. The summed E-state index contributed by atoms with van der Waals surface area (Å²) in [5.41, 5.74) is -0.184. The van der Waals surface area contributed by atoms with E-state index in [-0.39, 0.29) is 16.9 Å². The molecule has 2 rings (SSSR count). The minimum atomic E-state index is -0.556. The second-order valence-corrected chi connectivity index (χ2v) is 4.71. The molecule has 1 aromatic carbocycles. The maximum Gasteiger partial charge on any atom is 0.308 e. The summed E-state index contributed by atoms with van der Waals surface area (Å²) in [5.74, 6) is -0.904. The van der Waals surface area contributed by atoms with Crippen molar-refractivity contribution in [3.05, 3.63) is 33.8 Å². The van der Waals surface area contributed by atoms with Gasteiger partial charge in [0.2, 0.25) is 0 Å². The molecule has 0 fully saturated rings. The summed E-state index contributed by atoms with van der Waals surface area (Å²) in [7, 11) is 0. The van der Waals surface area contributed by atoms with E-state index in [1.54, 1.807) is 5.38 Å². The van der Waals surface area contributed by atoms with Gasteiger partial charge in [0.05, 0.1) is 0 Å². The molecule has 0 aliphatic rings. The molecule has 0 bridgehead atoms. The van der Waals surface area contributed by atoms with Gasteiger partial charge in [0, 0.05) is 30.0 Å². The monoisotopic (exact) mass is 278 g/mol. The van der Waals surface area contributed by atoms with Gasteiger partial charge in [-0.25, -0.2) is 0 Å². The third kappa shape index (κ3) is 2.97. The average molecular weight is 278 g/mol. The third-order valence-corrected chi connectivity index (χ3v) is 3.10. The number of fused-ring (bicyclic) bond motifs is 1. The first kappa shape index (κ1) is 13.2. The van der Waals surface area contributed by atoms with Gasteiger partial charge in [0.15, 0.2) is 16.9 Å². The number of hydrogen-bond donors (Lipinski definition) is 0. The fourth-order valence-corrected chi connectivity index (χ4v) is 2.36. The van der Waals surface area contributed by atoms with Crippen LogP contribution in [0.4, 0.5) is 0 Å². The van der Waals surface area contributed by atoms with E-state index in [1.807, 2.05) is 0 Å². The lowest BCUT2D eigenvalue weighted by Crippen LogP contribution is -2.08. The summed E-state index contributed by atoms with van der Waals surface area (Å²) >= 11 is 1.33. The van der Waals surface area contributed by atoms with Crippen molar-refractivity contribution >= 4 is 33.4 Å². The van der Waals surface area contributed by atoms with Crippen LogP contribution >= 0.6 is 11.3 Å². The van der Waals surface area contributed by atoms with Crippen LogP contribution in [0.15, 0.2) is 28.4 Å². The highest BCUT2D eigenvalue weighted by Crippen LogP contribution is 2.33. The number of carbonyl (C=O) groups excluding carboxylic acids is 2. The SMILES string of the molecule is CC(=O)Oc1cc2sccc(=O)c2cc1OC(C)=O. The van der Waals surface area contributed by atoms with Crippen LogP contribution in [0.25, 0.3) is 10.1 Å². The Kier molecular flexibility index (Phi) is 3.62. The van der Waals surface area contributed by atoms with E-state index < -0.39 is 11.9 Å². The molecule has 0 aliphatic carbocycles. The zero-order valence-corrected chi connectivity index (χ0v) is 11.1. The maximum absolute atomic E-state index is 11.7. The lowest BCUT2D eigenvalue weighted by molar-refractivity contribution is -0.134. The molecule has 5 nitrogen and oxygen atoms in total. The second kappa shape index (κ2) is 5.19. The number of carbonyl (C=O) groups is 2. The van der Waals surface area contributed by atoms with Crippen molar-refractivity contribution in [2.45, 2.75) is 13.8 Å². The van der Waals surface area contributed by atoms with E-state index in [0.717, 1.165) is 0 Å². The fourth-order valence-electron chi connectivity index (χ4n) is 1.56. The number of hydrogen-bond acceptors (Lipinski definition) is 6. The van der Waals surface area contributed by atoms with Crippen molar-refractivity contribution in [3.63, 3.8) is 0 Å². The van der Waals surface area contributed by atoms with Gasteiger partial charge in [-0.05, 0) is 17.5 Å². The summed E-state index contributed by atoms with van der Waals surface area (Å²) < 4.78 is 10.6. The lowest BCUT2D eigenvalue weighted by atomic mass is 10.2. The smallest absolute Gasteiger partial charge is 0.308 e. The highest BCUT2D eigenvalue weighted by molar-refractivity contribution is 7.16. The number of benzene rings is 1. The van der Waals surface area contributed by atoms with Crippen molar-refractivity contribution in [2.24, 2.45) is 0 Å². The summed E-state index contributed by atoms with van der Waals surface area (Å²) in [4.78, 5) is 33.8. The largest absolute Gasteiger partial charge is 0.423 e. The van der Waals surface area contributed by atoms with Gasteiger partial charge in [0.1, 0.15) is 0 Å². The first-order valence-electron chi connectivity index (χ1n) is 5.40. The number of esters is 2. The Hall–Kier alpha value is -2.21. The van der Waals surface area contributed by atoms with Crippen LogP contribution in [0.3, 0.4) is 0 Å². The molecule has 0 radical (unpaired) electrons. The molecule has 0 amide bonds. The molecular weight excluding hydrogens is 268 g/mol. The van der Waals surface area contributed by atoms with Crippen LogP contribution < -0.4 is 14.9 Å². The lowest BCUT2D eigenvalue weighted by Gasteiger charge is -2.09. The van der Waals surface area contributed by atoms with Gasteiger partial charge in [0.25, 0.3) is 0 Å². The standard InChI is InChI=1S/C13H10O5S/c1-7(14)17-11-5-9-10(16)3-4-19-13(9)6-12(11)18-8(2)15/h3-6H,1-2H3. The van der Waals surface area contributed by atoms with E-state index in [9.17, 15) is 14.4 Å². The molecule has 1 heterocycles. The first-order chi connectivity index (χ1) is 8.97. The molecule has 98 valence electrons. The van der Waals surface area contributed by atoms with Crippen LogP contribution in [0.2, 0.25) is 0 Å². The first-order valence-corrected chi connectivity index (χ1v) is 6.28. The predicted molar refractivity (Wildman–Crippen MR) is 70.7 cm³/mol. The van der Waals surface area contributed by atoms with Crippen molar-refractivity contribution in [1.29, 1.82) is 0 Å². The Morgan fingerprint density at radius 1 is 1.05 bits per heavy atom. The topological polar surface area (TPSA) is 69.7 Å². The summed E-state index contributed by atoms with van der Waals surface area (Å²) in [6.45, 7) is 2.47. The van der Waals surface area contributed by atoms with E-state index in [2.05, 4.69) is 0 Å². The second-order valence-electron chi connectivity index (χ2n) is 3.77. The molecule has 0 spiro atoms. The maximum atomic E-state index is 11.7. The van der Waals surface area contributed by atoms with Crippen molar-refractivity contribution in [3.8, 4) is 11.5 Å². The molecule has 0 unspecified atom stereocenters. The Morgan fingerprint density at radius 2 is 1.63 bits per heavy atom. The average Bonchev–Trinajstić information content (AvgIpc) is 2.29. The molecule has 19 heavy (non-hydrogen) atoms. The van der Waals surface area contributed by atoms with Gasteiger partial charge >= 0.3 is 11.9 Å². The van der Waals surface area contributed by atoms with Crippen LogP contribution in [0.5, 0.6) is 11.5 Å². The van der Waals surface area contributed by atoms with E-state index in [0.29, 0.717) is 10.1 Å². The summed E-state index contributed by atoms with van der Waals surface area (Å²) in [6, 6.07) is 4.35. The summed E-state index contributed by atoms with van der Waals surface area (Å²) in [6.07, 6.45) is 0. The molecular formula is C13H10O5S. The molecule has 2 aromatic rings. The van der Waals surface area contributed by atoms with Crippen molar-refractivity contribution in [2.75, 3.05) is 0 Å². The molecule has 0 aliphatic heterocycles. The van der Waals surface area contributed by atoms with Crippen LogP contribution in [-0.2, 0) is 9.59 Å². The molecule has 0 saturated carbocycles. The zero-order valence-electron chi connectivity index (χ0n) is 10.3. The minimum absolute atomic E-state index is 0.0608. The normalized spacial score (nSPS) is 10.2. The van der Waals surface area contributed by atoms with Gasteiger partial charge in [-0.3, -0.25) is 14.4 Å².